The first-order valence-corrected chi connectivity index (χ1v) is 7.86. The van der Waals surface area contributed by atoms with Crippen molar-refractivity contribution >= 4 is 0 Å². The Morgan fingerprint density at radius 1 is 1.37 bits per heavy atom. The molecular weight excluding hydrogens is 240 g/mol. The van der Waals surface area contributed by atoms with E-state index < -0.39 is 0 Å². The SMILES string of the molecule is CC(CNCC1CCCO1)N(C)CCOCC1CC1. The number of hydrogen-bond acceptors (Lipinski definition) is 4. The van der Waals surface area contributed by atoms with Crippen LogP contribution >= 0.6 is 0 Å². The molecule has 0 bridgehead atoms. The van der Waals surface area contributed by atoms with E-state index in [1.165, 1.54) is 25.7 Å². The van der Waals surface area contributed by atoms with Gasteiger partial charge in [-0.15, -0.1) is 0 Å². The lowest BCUT2D eigenvalue weighted by molar-refractivity contribution is 0.0898. The van der Waals surface area contributed by atoms with Gasteiger partial charge in [-0.1, -0.05) is 0 Å². The summed E-state index contributed by atoms with van der Waals surface area (Å²) in [6.07, 6.45) is 5.63. The summed E-state index contributed by atoms with van der Waals surface area (Å²) < 4.78 is 11.3. The lowest BCUT2D eigenvalue weighted by Gasteiger charge is -2.25. The van der Waals surface area contributed by atoms with Gasteiger partial charge in [-0.3, -0.25) is 0 Å². The fraction of sp³-hybridized carbons (Fsp3) is 1.00. The van der Waals surface area contributed by atoms with Crippen LogP contribution in [0.3, 0.4) is 0 Å². The van der Waals surface area contributed by atoms with Crippen LogP contribution in [0.1, 0.15) is 32.6 Å². The summed E-state index contributed by atoms with van der Waals surface area (Å²) in [6, 6.07) is 0.547. The largest absolute Gasteiger partial charge is 0.380 e. The molecule has 1 aliphatic carbocycles. The Labute approximate surface area is 117 Å². The number of nitrogens with zero attached hydrogens (tertiary/aromatic N) is 1. The lowest BCUT2D eigenvalue weighted by Crippen LogP contribution is -2.41. The van der Waals surface area contributed by atoms with Crippen LogP contribution in [0.15, 0.2) is 0 Å². The lowest BCUT2D eigenvalue weighted by atomic mass is 10.2. The van der Waals surface area contributed by atoms with E-state index in [0.717, 1.165) is 45.4 Å². The quantitative estimate of drug-likeness (QED) is 0.610. The van der Waals surface area contributed by atoms with Crippen molar-refractivity contribution < 1.29 is 9.47 Å². The summed E-state index contributed by atoms with van der Waals surface area (Å²) >= 11 is 0. The molecule has 1 saturated heterocycles. The van der Waals surface area contributed by atoms with Crippen molar-refractivity contribution in [2.75, 3.05) is 46.5 Å². The zero-order valence-corrected chi connectivity index (χ0v) is 12.6. The molecule has 0 spiro atoms. The molecule has 0 aromatic rings. The first-order chi connectivity index (χ1) is 9.25. The third kappa shape index (κ3) is 6.21. The van der Waals surface area contributed by atoms with Crippen LogP contribution in [0.2, 0.25) is 0 Å². The summed E-state index contributed by atoms with van der Waals surface area (Å²) in [5, 5.41) is 3.52. The van der Waals surface area contributed by atoms with Crippen molar-refractivity contribution in [1.29, 1.82) is 0 Å². The summed E-state index contributed by atoms with van der Waals surface area (Å²) in [5.74, 6) is 0.871. The van der Waals surface area contributed by atoms with Crippen LogP contribution in [-0.2, 0) is 9.47 Å². The number of ether oxygens (including phenoxy) is 2. The number of rotatable bonds is 10. The second-order valence-corrected chi connectivity index (χ2v) is 6.14. The van der Waals surface area contributed by atoms with Crippen molar-refractivity contribution in [2.24, 2.45) is 5.92 Å². The predicted molar refractivity (Wildman–Crippen MR) is 77.5 cm³/mol. The van der Waals surface area contributed by atoms with Crippen molar-refractivity contribution in [3.63, 3.8) is 0 Å². The van der Waals surface area contributed by atoms with Gasteiger partial charge >= 0.3 is 0 Å². The van der Waals surface area contributed by atoms with Crippen LogP contribution in [0, 0.1) is 5.92 Å². The summed E-state index contributed by atoms with van der Waals surface area (Å²) in [5.41, 5.74) is 0. The molecule has 0 aromatic carbocycles. The van der Waals surface area contributed by atoms with Gasteiger partial charge < -0.3 is 19.7 Å². The Morgan fingerprint density at radius 2 is 2.21 bits per heavy atom. The standard InChI is InChI=1S/C15H30N2O2/c1-13(10-16-11-15-4-3-8-19-15)17(2)7-9-18-12-14-5-6-14/h13-16H,3-12H2,1-2H3. The van der Waals surface area contributed by atoms with E-state index in [4.69, 9.17) is 9.47 Å². The van der Waals surface area contributed by atoms with Gasteiger partial charge in [0.1, 0.15) is 0 Å². The van der Waals surface area contributed by atoms with Gasteiger partial charge in [0, 0.05) is 38.9 Å². The molecule has 0 aromatic heterocycles. The zero-order valence-electron chi connectivity index (χ0n) is 12.6. The highest BCUT2D eigenvalue weighted by Crippen LogP contribution is 2.28. The smallest absolute Gasteiger partial charge is 0.0700 e. The summed E-state index contributed by atoms with van der Waals surface area (Å²) in [4.78, 5) is 2.37. The van der Waals surface area contributed by atoms with Crippen LogP contribution in [0.4, 0.5) is 0 Å². The zero-order chi connectivity index (χ0) is 13.5. The van der Waals surface area contributed by atoms with E-state index in [2.05, 4.69) is 24.2 Å². The molecule has 19 heavy (non-hydrogen) atoms. The van der Waals surface area contributed by atoms with E-state index in [1.54, 1.807) is 0 Å². The third-order valence-corrected chi connectivity index (χ3v) is 4.23. The average Bonchev–Trinajstić information content (AvgIpc) is 3.09. The summed E-state index contributed by atoms with van der Waals surface area (Å²) in [6.45, 7) is 8.09. The molecule has 1 saturated carbocycles. The van der Waals surface area contributed by atoms with Crippen LogP contribution in [0.25, 0.3) is 0 Å². The maximum absolute atomic E-state index is 5.68. The van der Waals surface area contributed by atoms with Crippen molar-refractivity contribution in [3.8, 4) is 0 Å². The van der Waals surface area contributed by atoms with Crippen LogP contribution in [-0.4, -0.2) is 63.5 Å². The fourth-order valence-electron chi connectivity index (χ4n) is 2.38. The maximum Gasteiger partial charge on any atom is 0.0700 e. The Kier molecular flexibility index (Phi) is 6.57. The van der Waals surface area contributed by atoms with Gasteiger partial charge in [-0.05, 0) is 45.6 Å². The van der Waals surface area contributed by atoms with E-state index in [0.29, 0.717) is 12.1 Å². The van der Waals surface area contributed by atoms with Gasteiger partial charge in [0.25, 0.3) is 0 Å². The minimum atomic E-state index is 0.444. The van der Waals surface area contributed by atoms with E-state index in [1.807, 2.05) is 0 Å². The molecule has 0 radical (unpaired) electrons. The minimum Gasteiger partial charge on any atom is -0.380 e. The summed E-state index contributed by atoms with van der Waals surface area (Å²) in [7, 11) is 2.18. The maximum atomic E-state index is 5.68. The molecule has 1 N–H and O–H groups in total. The molecule has 2 fully saturated rings. The second kappa shape index (κ2) is 8.20. The molecule has 2 rings (SSSR count). The Bertz CT molecular complexity index is 240. The van der Waals surface area contributed by atoms with Gasteiger partial charge in [-0.25, -0.2) is 0 Å². The minimum absolute atomic E-state index is 0.444. The third-order valence-electron chi connectivity index (χ3n) is 4.23. The van der Waals surface area contributed by atoms with Gasteiger partial charge in [0.05, 0.1) is 12.7 Å². The number of likely N-dealkylation sites (N-methyl/N-ethyl adjacent to an activating group) is 1. The molecule has 0 amide bonds. The van der Waals surface area contributed by atoms with Crippen LogP contribution in [0.5, 0.6) is 0 Å². The Morgan fingerprint density at radius 3 is 2.89 bits per heavy atom. The molecule has 4 heteroatoms. The van der Waals surface area contributed by atoms with Gasteiger partial charge in [-0.2, -0.15) is 0 Å². The molecular formula is C15H30N2O2. The Balaban J connectivity index is 1.44. The highest BCUT2D eigenvalue weighted by molar-refractivity contribution is 4.73. The van der Waals surface area contributed by atoms with E-state index in [9.17, 15) is 0 Å². The van der Waals surface area contributed by atoms with Crippen molar-refractivity contribution in [2.45, 2.75) is 44.8 Å². The number of nitrogens with one attached hydrogen (secondary N) is 1. The highest BCUT2D eigenvalue weighted by atomic mass is 16.5. The number of hydrogen-bond donors (Lipinski definition) is 1. The van der Waals surface area contributed by atoms with Gasteiger partial charge in [0.15, 0.2) is 0 Å². The molecule has 112 valence electrons. The van der Waals surface area contributed by atoms with E-state index >= 15 is 0 Å². The second-order valence-electron chi connectivity index (χ2n) is 6.14. The molecule has 1 aliphatic heterocycles. The fourth-order valence-corrected chi connectivity index (χ4v) is 2.38. The highest BCUT2D eigenvalue weighted by Gasteiger charge is 2.21. The predicted octanol–water partition coefficient (Wildman–Crippen LogP) is 1.50. The Hall–Kier alpha value is -0.160. The molecule has 1 heterocycles. The van der Waals surface area contributed by atoms with Crippen molar-refractivity contribution in [3.05, 3.63) is 0 Å². The molecule has 2 aliphatic rings. The molecule has 2 unspecified atom stereocenters. The monoisotopic (exact) mass is 270 g/mol. The first kappa shape index (κ1) is 15.2. The first-order valence-electron chi connectivity index (χ1n) is 7.86. The normalized spacial score (nSPS) is 25.1. The van der Waals surface area contributed by atoms with Crippen LogP contribution < -0.4 is 5.32 Å². The average molecular weight is 270 g/mol. The van der Waals surface area contributed by atoms with Crippen molar-refractivity contribution in [1.82, 2.24) is 10.2 Å². The van der Waals surface area contributed by atoms with Gasteiger partial charge in [0.2, 0.25) is 0 Å². The molecule has 2 atom stereocenters. The topological polar surface area (TPSA) is 33.7 Å². The molecule has 4 nitrogen and oxygen atoms in total. The van der Waals surface area contributed by atoms with E-state index in [-0.39, 0.29) is 0 Å².